The van der Waals surface area contributed by atoms with Gasteiger partial charge in [0.25, 0.3) is 11.8 Å². The Morgan fingerprint density at radius 1 is 0.967 bits per heavy atom. The van der Waals surface area contributed by atoms with Crippen molar-refractivity contribution in [1.82, 2.24) is 25.1 Å². The highest BCUT2D eigenvalue weighted by atomic mass is 19.1. The van der Waals surface area contributed by atoms with E-state index in [0.717, 1.165) is 69.0 Å². The molecule has 10 rings (SSSR count). The van der Waals surface area contributed by atoms with Crippen LogP contribution in [0.4, 0.5) is 26.4 Å². The third-order valence-corrected chi connectivity index (χ3v) is 13.0. The quantitative estimate of drug-likeness (QED) is 0.192. The lowest BCUT2D eigenvalue weighted by molar-refractivity contribution is -0.136. The van der Waals surface area contributed by atoms with Gasteiger partial charge in [0.15, 0.2) is 5.75 Å². The molecule has 61 heavy (non-hydrogen) atoms. The van der Waals surface area contributed by atoms with E-state index in [1.54, 1.807) is 30.5 Å². The average molecular weight is 833 g/mol. The van der Waals surface area contributed by atoms with Crippen LogP contribution in [0, 0.1) is 17.2 Å². The zero-order valence-corrected chi connectivity index (χ0v) is 33.6. The highest BCUT2D eigenvalue weighted by Crippen LogP contribution is 2.51. The second-order valence-electron chi connectivity index (χ2n) is 16.9. The van der Waals surface area contributed by atoms with Crippen molar-refractivity contribution in [2.75, 3.05) is 68.0 Å². The number of rotatable bonds is 9. The van der Waals surface area contributed by atoms with Crippen LogP contribution in [0.1, 0.15) is 66.2 Å². The number of halogens is 1. The van der Waals surface area contributed by atoms with Gasteiger partial charge in [-0.1, -0.05) is 0 Å². The van der Waals surface area contributed by atoms with E-state index in [4.69, 9.17) is 14.2 Å². The molecule has 5 aliphatic heterocycles. The van der Waals surface area contributed by atoms with Gasteiger partial charge in [0, 0.05) is 73.1 Å². The minimum absolute atomic E-state index is 0.0818. The summed E-state index contributed by atoms with van der Waals surface area (Å²) in [6, 6.07) is 9.08. The summed E-state index contributed by atoms with van der Waals surface area (Å²) in [5.41, 5.74) is 2.98. The topological polar surface area (TPSA) is 185 Å². The lowest BCUT2D eigenvalue weighted by Gasteiger charge is -2.52. The fourth-order valence-electron chi connectivity index (χ4n) is 9.80. The molecule has 1 atom stereocenters. The second-order valence-corrected chi connectivity index (χ2v) is 16.9. The molecule has 3 N–H and O–H groups in total. The largest absolute Gasteiger partial charge is 0.491 e. The molecule has 316 valence electrons. The number of aromatic nitrogens is 2. The Morgan fingerprint density at radius 3 is 2.56 bits per heavy atom. The molecule has 1 unspecified atom stereocenters. The first kappa shape index (κ1) is 38.8. The Bertz CT molecular complexity index is 2490. The van der Waals surface area contributed by atoms with Gasteiger partial charge in [-0.3, -0.25) is 34.7 Å². The molecule has 16 nitrogen and oxygen atoms in total. The molecular formula is C44H45FN8O8. The summed E-state index contributed by atoms with van der Waals surface area (Å²) in [6.45, 7) is 7.87. The number of nitrogens with zero attached hydrogens (tertiary/aromatic N) is 5. The van der Waals surface area contributed by atoms with Crippen LogP contribution >= 0.6 is 0 Å². The van der Waals surface area contributed by atoms with Gasteiger partial charge in [-0.15, -0.1) is 0 Å². The maximum absolute atomic E-state index is 15.5. The summed E-state index contributed by atoms with van der Waals surface area (Å²) in [4.78, 5) is 77.8. The van der Waals surface area contributed by atoms with Crippen LogP contribution < -0.4 is 30.3 Å². The zero-order valence-electron chi connectivity index (χ0n) is 33.6. The Balaban J connectivity index is 0.691. The van der Waals surface area contributed by atoms with Crippen molar-refractivity contribution in [2.45, 2.75) is 57.6 Å². The summed E-state index contributed by atoms with van der Waals surface area (Å²) in [7, 11) is 0. The molecule has 7 heterocycles. The summed E-state index contributed by atoms with van der Waals surface area (Å²) in [6.07, 6.45) is 6.23. The number of nitrogens with one attached hydrogen (secondary N) is 3. The molecule has 17 heteroatoms. The van der Waals surface area contributed by atoms with Gasteiger partial charge in [-0.05, 0) is 99.3 Å². The Morgan fingerprint density at radius 2 is 1.77 bits per heavy atom. The molecule has 5 amide bonds. The number of hydrogen-bond donors (Lipinski definition) is 3. The molecule has 1 spiro atoms. The SMILES string of the molecule is CCOc1c(-c2cc3cc(NC(=O)OC4CC5(CCN(CC6CN(c7ccc8c(c7)C(=O)N(C7CCC(=O)NC7=O)C8=O)C6)CC5)C4)ncc3cc2F)cnc2c1NCCO2. The van der Waals surface area contributed by atoms with Crippen molar-refractivity contribution >= 4 is 57.7 Å². The van der Waals surface area contributed by atoms with E-state index in [0.29, 0.717) is 76.3 Å². The molecule has 6 aliphatic rings. The van der Waals surface area contributed by atoms with Gasteiger partial charge < -0.3 is 29.3 Å². The van der Waals surface area contributed by atoms with Crippen molar-refractivity contribution < 1.29 is 42.6 Å². The predicted molar refractivity (Wildman–Crippen MR) is 220 cm³/mol. The Labute approximate surface area is 350 Å². The van der Waals surface area contributed by atoms with E-state index < -0.39 is 41.6 Å². The molecule has 4 fully saturated rings. The zero-order chi connectivity index (χ0) is 42.0. The maximum Gasteiger partial charge on any atom is 0.413 e. The van der Waals surface area contributed by atoms with Gasteiger partial charge in [0.05, 0.1) is 17.7 Å². The number of ether oxygens (including phenoxy) is 3. The van der Waals surface area contributed by atoms with Crippen LogP contribution in [0.3, 0.4) is 0 Å². The monoisotopic (exact) mass is 832 g/mol. The Kier molecular flexibility index (Phi) is 9.72. The number of hydrogen-bond acceptors (Lipinski definition) is 13. The van der Waals surface area contributed by atoms with Gasteiger partial charge in [0.1, 0.15) is 36.1 Å². The fourth-order valence-corrected chi connectivity index (χ4v) is 9.80. The first-order valence-corrected chi connectivity index (χ1v) is 21.0. The summed E-state index contributed by atoms with van der Waals surface area (Å²) < 4.78 is 32.9. The number of imide groups is 2. The number of pyridine rings is 2. The molecule has 0 bridgehead atoms. The molecule has 1 saturated carbocycles. The van der Waals surface area contributed by atoms with Gasteiger partial charge >= 0.3 is 6.09 Å². The molecule has 2 aromatic heterocycles. The van der Waals surface area contributed by atoms with Gasteiger partial charge in [0.2, 0.25) is 17.7 Å². The van der Waals surface area contributed by atoms with Crippen molar-refractivity contribution in [2.24, 2.45) is 11.3 Å². The van der Waals surface area contributed by atoms with Crippen LogP contribution in [0.25, 0.3) is 21.9 Å². The molecular weight excluding hydrogens is 788 g/mol. The van der Waals surface area contributed by atoms with E-state index in [-0.39, 0.29) is 29.9 Å². The number of carbonyl (C=O) groups is 5. The minimum Gasteiger partial charge on any atom is -0.491 e. The fraction of sp³-hybridized carbons (Fsp3) is 0.432. The lowest BCUT2D eigenvalue weighted by atomic mass is 9.61. The highest BCUT2D eigenvalue weighted by molar-refractivity contribution is 6.23. The molecule has 4 aromatic rings. The van der Waals surface area contributed by atoms with Crippen molar-refractivity contribution in [3.8, 4) is 22.8 Å². The molecule has 1 aliphatic carbocycles. The lowest BCUT2D eigenvalue weighted by Crippen LogP contribution is -2.55. The number of likely N-dealkylation sites (tertiary alicyclic amines) is 1. The normalized spacial score (nSPS) is 21.2. The minimum atomic E-state index is -0.983. The van der Waals surface area contributed by atoms with Crippen LogP contribution in [0.5, 0.6) is 11.6 Å². The number of benzene rings is 2. The van der Waals surface area contributed by atoms with Crippen LogP contribution in [-0.2, 0) is 14.3 Å². The third kappa shape index (κ3) is 7.13. The van der Waals surface area contributed by atoms with E-state index in [1.165, 1.54) is 12.3 Å². The van der Waals surface area contributed by atoms with E-state index in [1.807, 2.05) is 13.0 Å². The third-order valence-electron chi connectivity index (χ3n) is 13.0. The number of fused-ring (bicyclic) bond motifs is 3. The Hall–Kier alpha value is -6.36. The van der Waals surface area contributed by atoms with Crippen LogP contribution in [-0.4, -0.2) is 114 Å². The van der Waals surface area contributed by atoms with E-state index >= 15 is 4.39 Å². The van der Waals surface area contributed by atoms with E-state index in [2.05, 4.69) is 35.7 Å². The standard InChI is InChI=1S/C44H45FN8O8/c1-2-59-38-32(20-48-40-37(38)46-9-12-60-40)30-13-25-15-35(47-19-26(25)14-33(30)45)49-43(58)61-28-17-44(18-28)7-10-51(11-8-44)21-24-22-52(23-24)27-3-4-29-31(16-27)42(57)53(41(29)56)34-5-6-36(54)50-39(34)55/h3-4,13-16,19-20,24,28,34,46H,2,5-12,17-18,21-23H2,1H3,(H,47,49,58)(H,50,54,55). The first-order valence-electron chi connectivity index (χ1n) is 21.0. The molecule has 3 saturated heterocycles. The van der Waals surface area contributed by atoms with Crippen LogP contribution in [0.15, 0.2) is 48.8 Å². The predicted octanol–water partition coefficient (Wildman–Crippen LogP) is 4.97. The van der Waals surface area contributed by atoms with Crippen LogP contribution in [0.2, 0.25) is 0 Å². The second kappa shape index (κ2) is 15.3. The van der Waals surface area contributed by atoms with Crippen molar-refractivity contribution in [3.63, 3.8) is 0 Å². The molecule has 2 aromatic carbocycles. The number of amides is 5. The molecule has 0 radical (unpaired) electrons. The van der Waals surface area contributed by atoms with Gasteiger partial charge in [-0.2, -0.15) is 0 Å². The highest BCUT2D eigenvalue weighted by Gasteiger charge is 2.48. The smallest absolute Gasteiger partial charge is 0.413 e. The van der Waals surface area contributed by atoms with Gasteiger partial charge in [-0.25, -0.2) is 19.2 Å². The van der Waals surface area contributed by atoms with Crippen molar-refractivity contribution in [3.05, 3.63) is 65.7 Å². The summed E-state index contributed by atoms with van der Waals surface area (Å²) >= 11 is 0. The average Bonchev–Trinajstić information content (AvgIpc) is 3.47. The summed E-state index contributed by atoms with van der Waals surface area (Å²) in [5.74, 6) is -0.832. The number of piperidine rings is 2. The van der Waals surface area contributed by atoms with E-state index in [9.17, 15) is 24.0 Å². The number of carbonyl (C=O) groups excluding carboxylic acids is 5. The van der Waals surface area contributed by atoms with Crippen molar-refractivity contribution in [1.29, 1.82) is 0 Å². The summed E-state index contributed by atoms with van der Waals surface area (Å²) in [5, 5.41) is 9.50. The maximum atomic E-state index is 15.5. The first-order chi connectivity index (χ1) is 29.5. The number of anilines is 3.